The summed E-state index contributed by atoms with van der Waals surface area (Å²) in [5, 5.41) is 14.2. The molecule has 0 radical (unpaired) electrons. The van der Waals surface area contributed by atoms with Crippen molar-refractivity contribution in [1.82, 2.24) is 20.1 Å². The molecule has 1 unspecified atom stereocenters. The van der Waals surface area contributed by atoms with Crippen molar-refractivity contribution < 1.29 is 14.0 Å². The topological polar surface area (TPSA) is 116 Å². The van der Waals surface area contributed by atoms with Crippen LogP contribution in [0.3, 0.4) is 0 Å². The van der Waals surface area contributed by atoms with Gasteiger partial charge in [-0.05, 0) is 36.1 Å². The molecule has 0 fully saturated rings. The fraction of sp³-hybridized carbons (Fsp3) is 0.250. The second-order valence-electron chi connectivity index (χ2n) is 7.75. The number of aryl methyl sites for hydroxylation is 2. The van der Waals surface area contributed by atoms with E-state index in [2.05, 4.69) is 15.5 Å². The van der Waals surface area contributed by atoms with Crippen molar-refractivity contribution in [1.29, 1.82) is 0 Å². The summed E-state index contributed by atoms with van der Waals surface area (Å²) >= 11 is 2.90. The monoisotopic (exact) mass is 495 g/mol. The maximum atomic E-state index is 12.9. The molecule has 3 N–H and O–H groups in total. The molecule has 1 aromatic carbocycles. The van der Waals surface area contributed by atoms with Gasteiger partial charge in [0.1, 0.15) is 11.6 Å². The number of nitrogens with zero attached hydrogens (tertiary/aromatic N) is 3. The van der Waals surface area contributed by atoms with Gasteiger partial charge in [0.25, 0.3) is 0 Å². The Morgan fingerprint density at radius 1 is 1.18 bits per heavy atom. The molecule has 34 heavy (non-hydrogen) atoms. The third-order valence-electron chi connectivity index (χ3n) is 5.16. The molecule has 8 nitrogen and oxygen atoms in total. The number of furan rings is 1. The molecule has 176 valence electrons. The molecule has 0 aliphatic carbocycles. The molecule has 4 rings (SSSR count). The molecule has 0 aliphatic rings. The number of benzene rings is 1. The zero-order valence-electron chi connectivity index (χ0n) is 18.6. The van der Waals surface area contributed by atoms with E-state index in [1.807, 2.05) is 59.3 Å². The minimum Gasteiger partial charge on any atom is -0.467 e. The Morgan fingerprint density at radius 3 is 2.68 bits per heavy atom. The van der Waals surface area contributed by atoms with Gasteiger partial charge in [0.2, 0.25) is 11.8 Å². The smallest absolute Gasteiger partial charge is 0.231 e. The minimum atomic E-state index is -0.406. The number of aromatic nitrogens is 3. The van der Waals surface area contributed by atoms with Gasteiger partial charge in [0.05, 0.1) is 24.6 Å². The normalized spacial score (nSPS) is 11.9. The van der Waals surface area contributed by atoms with Crippen LogP contribution < -0.4 is 11.1 Å². The van der Waals surface area contributed by atoms with Crippen molar-refractivity contribution in [3.05, 3.63) is 87.8 Å². The number of amides is 2. The summed E-state index contributed by atoms with van der Waals surface area (Å²) in [6, 6.07) is 15.6. The average molecular weight is 496 g/mol. The standard InChI is InChI=1S/C24H25N5O3S2/c1-16-6-8-17(9-7-16)23(19-5-3-13-33-19)26-22(31)15-34-24-28-27-21(11-10-20(25)30)29(24)14-18-4-2-12-32-18/h2-9,12-13,23H,10-11,14-15H2,1H3,(H2,25,30)(H,26,31). The quantitative estimate of drug-likeness (QED) is 0.307. The van der Waals surface area contributed by atoms with Gasteiger partial charge in [-0.25, -0.2) is 0 Å². The highest BCUT2D eigenvalue weighted by atomic mass is 32.2. The first kappa shape index (κ1) is 23.8. The lowest BCUT2D eigenvalue weighted by Crippen LogP contribution is -2.30. The van der Waals surface area contributed by atoms with E-state index in [9.17, 15) is 9.59 Å². The third-order valence-corrected chi connectivity index (χ3v) is 7.06. The van der Waals surface area contributed by atoms with E-state index in [0.29, 0.717) is 23.9 Å². The Bertz CT molecular complexity index is 1220. The number of carbonyl (C=O) groups excluding carboxylic acids is 2. The molecule has 0 aliphatic heterocycles. The summed E-state index contributed by atoms with van der Waals surface area (Å²) in [7, 11) is 0. The molecule has 4 aromatic rings. The van der Waals surface area contributed by atoms with E-state index in [0.717, 1.165) is 16.2 Å². The van der Waals surface area contributed by atoms with Crippen LogP contribution in [-0.4, -0.2) is 32.3 Å². The maximum absolute atomic E-state index is 12.9. The number of primary amides is 1. The highest BCUT2D eigenvalue weighted by molar-refractivity contribution is 7.99. The molecule has 1 atom stereocenters. The zero-order valence-corrected chi connectivity index (χ0v) is 20.3. The summed E-state index contributed by atoms with van der Waals surface area (Å²) in [6.07, 6.45) is 2.13. The second kappa shape index (κ2) is 11.2. The lowest BCUT2D eigenvalue weighted by molar-refractivity contribution is -0.119. The second-order valence-corrected chi connectivity index (χ2v) is 9.67. The van der Waals surface area contributed by atoms with Gasteiger partial charge in [0, 0.05) is 17.7 Å². The summed E-state index contributed by atoms with van der Waals surface area (Å²) in [4.78, 5) is 25.3. The van der Waals surface area contributed by atoms with Crippen LogP contribution in [0, 0.1) is 6.92 Å². The van der Waals surface area contributed by atoms with Crippen LogP contribution in [-0.2, 0) is 22.6 Å². The van der Waals surface area contributed by atoms with Crippen LogP contribution in [0.25, 0.3) is 0 Å². The van der Waals surface area contributed by atoms with Gasteiger partial charge < -0.3 is 15.5 Å². The van der Waals surface area contributed by atoms with Gasteiger partial charge in [-0.15, -0.1) is 21.5 Å². The molecule has 2 amide bonds. The van der Waals surface area contributed by atoms with Crippen molar-refractivity contribution in [3.8, 4) is 0 Å². The SMILES string of the molecule is Cc1ccc(C(NC(=O)CSc2nnc(CCC(N)=O)n2Cc2ccco2)c2cccs2)cc1. The molecular weight excluding hydrogens is 470 g/mol. The number of nitrogens with two attached hydrogens (primary N) is 1. The van der Waals surface area contributed by atoms with E-state index < -0.39 is 5.91 Å². The Kier molecular flexibility index (Phi) is 7.81. The van der Waals surface area contributed by atoms with Gasteiger partial charge in [0.15, 0.2) is 5.16 Å². The summed E-state index contributed by atoms with van der Waals surface area (Å²) in [5.74, 6) is 0.990. The first-order chi connectivity index (χ1) is 16.5. The van der Waals surface area contributed by atoms with E-state index in [1.54, 1.807) is 23.7 Å². The van der Waals surface area contributed by atoms with Gasteiger partial charge >= 0.3 is 0 Å². The largest absolute Gasteiger partial charge is 0.467 e. The van der Waals surface area contributed by atoms with Crippen LogP contribution in [0.5, 0.6) is 0 Å². The number of nitrogens with one attached hydrogen (secondary N) is 1. The van der Waals surface area contributed by atoms with E-state index in [-0.39, 0.29) is 24.1 Å². The molecule has 3 heterocycles. The first-order valence-electron chi connectivity index (χ1n) is 10.7. The number of hydrogen-bond donors (Lipinski definition) is 2. The number of rotatable bonds is 11. The summed E-state index contributed by atoms with van der Waals surface area (Å²) in [5.41, 5.74) is 7.50. The van der Waals surface area contributed by atoms with E-state index >= 15 is 0 Å². The molecular formula is C24H25N5O3S2. The van der Waals surface area contributed by atoms with Crippen LogP contribution in [0.1, 0.15) is 40.1 Å². The fourth-order valence-corrected chi connectivity index (χ4v) is 5.00. The van der Waals surface area contributed by atoms with Gasteiger partial charge in [-0.2, -0.15) is 0 Å². The van der Waals surface area contributed by atoms with Crippen LogP contribution in [0.4, 0.5) is 0 Å². The highest BCUT2D eigenvalue weighted by Crippen LogP contribution is 2.27. The van der Waals surface area contributed by atoms with Crippen molar-refractivity contribution in [2.45, 2.75) is 37.5 Å². The third kappa shape index (κ3) is 6.15. The molecule has 0 bridgehead atoms. The van der Waals surface area contributed by atoms with E-state index in [4.69, 9.17) is 10.2 Å². The number of thioether (sulfide) groups is 1. The van der Waals surface area contributed by atoms with Gasteiger partial charge in [-0.1, -0.05) is 47.7 Å². The van der Waals surface area contributed by atoms with Crippen LogP contribution in [0.15, 0.2) is 69.7 Å². The Labute approximate surface area is 205 Å². The Morgan fingerprint density at radius 2 is 2.00 bits per heavy atom. The van der Waals surface area contributed by atoms with Gasteiger partial charge in [-0.3, -0.25) is 14.2 Å². The molecule has 10 heteroatoms. The molecule has 0 saturated carbocycles. The lowest BCUT2D eigenvalue weighted by atomic mass is 10.0. The minimum absolute atomic E-state index is 0.116. The first-order valence-corrected chi connectivity index (χ1v) is 12.6. The molecule has 3 aromatic heterocycles. The molecule has 0 spiro atoms. The van der Waals surface area contributed by atoms with Crippen molar-refractivity contribution in [2.75, 3.05) is 5.75 Å². The number of carbonyl (C=O) groups is 2. The Hall–Kier alpha value is -3.37. The highest BCUT2D eigenvalue weighted by Gasteiger charge is 2.20. The summed E-state index contributed by atoms with van der Waals surface area (Å²) in [6.45, 7) is 2.44. The van der Waals surface area contributed by atoms with Crippen LogP contribution in [0.2, 0.25) is 0 Å². The average Bonchev–Trinajstić information content (AvgIpc) is 3.59. The predicted molar refractivity (Wildman–Crippen MR) is 132 cm³/mol. The number of hydrogen-bond acceptors (Lipinski definition) is 7. The molecule has 0 saturated heterocycles. The van der Waals surface area contributed by atoms with Crippen molar-refractivity contribution in [2.24, 2.45) is 5.73 Å². The van der Waals surface area contributed by atoms with Crippen molar-refractivity contribution >= 4 is 34.9 Å². The lowest BCUT2D eigenvalue weighted by Gasteiger charge is -2.18. The number of thiophene rings is 1. The Balaban J connectivity index is 1.47. The zero-order chi connectivity index (χ0) is 23.9. The summed E-state index contributed by atoms with van der Waals surface area (Å²) < 4.78 is 7.32. The fourth-order valence-electron chi connectivity index (χ4n) is 3.43. The van der Waals surface area contributed by atoms with E-state index in [1.165, 1.54) is 17.3 Å². The van der Waals surface area contributed by atoms with Crippen LogP contribution >= 0.6 is 23.1 Å². The maximum Gasteiger partial charge on any atom is 0.231 e. The van der Waals surface area contributed by atoms with Crippen molar-refractivity contribution in [3.63, 3.8) is 0 Å². The predicted octanol–water partition coefficient (Wildman–Crippen LogP) is 3.71.